The standard InChI is InChI=1S/C11H18N2O2S/c1-8-10(7-14)16-11(12-8)13-5-3-9(15-2)4-6-13/h9,14H,3-7H2,1-2H3. The summed E-state index contributed by atoms with van der Waals surface area (Å²) in [6.45, 7) is 4.04. The summed E-state index contributed by atoms with van der Waals surface area (Å²) in [5, 5.41) is 10.2. The summed E-state index contributed by atoms with van der Waals surface area (Å²) >= 11 is 1.60. The van der Waals surface area contributed by atoms with Gasteiger partial charge in [-0.2, -0.15) is 0 Å². The second kappa shape index (κ2) is 5.12. The van der Waals surface area contributed by atoms with E-state index in [9.17, 15) is 0 Å². The molecule has 0 aliphatic carbocycles. The highest BCUT2D eigenvalue weighted by atomic mass is 32.1. The van der Waals surface area contributed by atoms with Gasteiger partial charge in [0.1, 0.15) is 0 Å². The van der Waals surface area contributed by atoms with E-state index in [4.69, 9.17) is 9.84 Å². The number of aryl methyl sites for hydroxylation is 1. The van der Waals surface area contributed by atoms with Gasteiger partial charge in [0, 0.05) is 20.2 Å². The minimum Gasteiger partial charge on any atom is -0.391 e. The summed E-state index contributed by atoms with van der Waals surface area (Å²) in [4.78, 5) is 7.76. The number of anilines is 1. The monoisotopic (exact) mass is 242 g/mol. The summed E-state index contributed by atoms with van der Waals surface area (Å²) in [6, 6.07) is 0. The molecular formula is C11H18N2O2S. The summed E-state index contributed by atoms with van der Waals surface area (Å²) in [5.74, 6) is 0. The first kappa shape index (κ1) is 11.8. The molecule has 1 aliphatic heterocycles. The fourth-order valence-corrected chi connectivity index (χ4v) is 2.95. The molecule has 1 N–H and O–H groups in total. The lowest BCUT2D eigenvalue weighted by Crippen LogP contribution is -2.36. The molecule has 1 aromatic heterocycles. The Hall–Kier alpha value is -0.650. The van der Waals surface area contributed by atoms with Crippen LogP contribution < -0.4 is 4.90 Å². The maximum absolute atomic E-state index is 9.14. The fraction of sp³-hybridized carbons (Fsp3) is 0.727. The van der Waals surface area contributed by atoms with Gasteiger partial charge in [0.25, 0.3) is 0 Å². The number of methoxy groups -OCH3 is 1. The van der Waals surface area contributed by atoms with Gasteiger partial charge in [-0.05, 0) is 19.8 Å². The van der Waals surface area contributed by atoms with Gasteiger partial charge in [-0.15, -0.1) is 0 Å². The van der Waals surface area contributed by atoms with Crippen LogP contribution in [0.1, 0.15) is 23.4 Å². The zero-order chi connectivity index (χ0) is 11.5. The van der Waals surface area contributed by atoms with Crippen molar-refractivity contribution in [3.63, 3.8) is 0 Å². The van der Waals surface area contributed by atoms with Gasteiger partial charge in [-0.25, -0.2) is 4.98 Å². The van der Waals surface area contributed by atoms with Gasteiger partial charge in [0.05, 0.1) is 23.3 Å². The SMILES string of the molecule is COC1CCN(c2nc(C)c(CO)s2)CC1. The van der Waals surface area contributed by atoms with Crippen LogP contribution in [0.5, 0.6) is 0 Å². The summed E-state index contributed by atoms with van der Waals surface area (Å²) < 4.78 is 5.34. The van der Waals surface area contributed by atoms with Crippen LogP contribution in [0.15, 0.2) is 0 Å². The summed E-state index contributed by atoms with van der Waals surface area (Å²) in [6.07, 6.45) is 2.52. The molecule has 2 heterocycles. The predicted octanol–water partition coefficient (Wildman–Crippen LogP) is 1.56. The number of aromatic nitrogens is 1. The first-order chi connectivity index (χ1) is 7.74. The summed E-state index contributed by atoms with van der Waals surface area (Å²) in [7, 11) is 1.78. The Morgan fingerprint density at radius 1 is 1.50 bits per heavy atom. The van der Waals surface area contributed by atoms with E-state index in [0.29, 0.717) is 6.10 Å². The van der Waals surface area contributed by atoms with Crippen molar-refractivity contribution in [1.82, 2.24) is 4.98 Å². The quantitative estimate of drug-likeness (QED) is 0.873. The van der Waals surface area contributed by atoms with Crippen LogP contribution in [-0.2, 0) is 11.3 Å². The maximum Gasteiger partial charge on any atom is 0.185 e. The molecule has 0 unspecified atom stereocenters. The molecule has 0 atom stereocenters. The van der Waals surface area contributed by atoms with Crippen molar-refractivity contribution < 1.29 is 9.84 Å². The number of rotatable bonds is 3. The zero-order valence-electron chi connectivity index (χ0n) is 9.77. The van der Waals surface area contributed by atoms with Gasteiger partial charge in [-0.3, -0.25) is 0 Å². The molecule has 0 saturated carbocycles. The molecule has 0 amide bonds. The van der Waals surface area contributed by atoms with Crippen molar-refractivity contribution >= 4 is 16.5 Å². The minimum atomic E-state index is 0.0953. The van der Waals surface area contributed by atoms with E-state index in [-0.39, 0.29) is 6.61 Å². The zero-order valence-corrected chi connectivity index (χ0v) is 10.6. The van der Waals surface area contributed by atoms with E-state index in [1.54, 1.807) is 18.4 Å². The minimum absolute atomic E-state index is 0.0953. The largest absolute Gasteiger partial charge is 0.391 e. The Morgan fingerprint density at radius 2 is 2.19 bits per heavy atom. The average Bonchev–Trinajstić information content (AvgIpc) is 2.71. The Kier molecular flexibility index (Phi) is 3.78. The molecule has 90 valence electrons. The normalized spacial score (nSPS) is 18.1. The first-order valence-corrected chi connectivity index (χ1v) is 6.41. The fourth-order valence-electron chi connectivity index (χ4n) is 1.98. The number of nitrogens with zero attached hydrogens (tertiary/aromatic N) is 2. The topological polar surface area (TPSA) is 45.6 Å². The Morgan fingerprint density at radius 3 is 2.69 bits per heavy atom. The molecule has 0 aromatic carbocycles. The predicted molar refractivity (Wildman–Crippen MR) is 65.0 cm³/mol. The Balaban J connectivity index is 2.02. The number of aliphatic hydroxyl groups is 1. The van der Waals surface area contributed by atoms with Gasteiger partial charge < -0.3 is 14.7 Å². The smallest absolute Gasteiger partial charge is 0.185 e. The molecule has 1 aliphatic rings. The van der Waals surface area contributed by atoms with Crippen molar-refractivity contribution in [3.05, 3.63) is 10.6 Å². The second-order valence-corrected chi connectivity index (χ2v) is 5.15. The molecule has 2 rings (SSSR count). The number of piperidine rings is 1. The molecule has 0 radical (unpaired) electrons. The highest BCUT2D eigenvalue weighted by molar-refractivity contribution is 7.15. The number of hydrogen-bond donors (Lipinski definition) is 1. The van der Waals surface area contributed by atoms with Crippen LogP contribution in [0, 0.1) is 6.92 Å². The van der Waals surface area contributed by atoms with Crippen LogP contribution in [0.3, 0.4) is 0 Å². The van der Waals surface area contributed by atoms with Crippen molar-refractivity contribution in [3.8, 4) is 0 Å². The highest BCUT2D eigenvalue weighted by Crippen LogP contribution is 2.28. The molecule has 0 bridgehead atoms. The van der Waals surface area contributed by atoms with E-state index in [0.717, 1.165) is 41.6 Å². The van der Waals surface area contributed by atoms with Gasteiger partial charge in [0.15, 0.2) is 5.13 Å². The second-order valence-electron chi connectivity index (χ2n) is 4.09. The van der Waals surface area contributed by atoms with E-state index in [1.165, 1.54) is 0 Å². The molecule has 0 spiro atoms. The van der Waals surface area contributed by atoms with E-state index in [2.05, 4.69) is 9.88 Å². The van der Waals surface area contributed by atoms with E-state index in [1.807, 2.05) is 6.92 Å². The lowest BCUT2D eigenvalue weighted by atomic mass is 10.1. The lowest BCUT2D eigenvalue weighted by molar-refractivity contribution is 0.0819. The van der Waals surface area contributed by atoms with Gasteiger partial charge >= 0.3 is 0 Å². The highest BCUT2D eigenvalue weighted by Gasteiger charge is 2.21. The third-order valence-electron chi connectivity index (χ3n) is 3.07. The van der Waals surface area contributed by atoms with Crippen LogP contribution in [-0.4, -0.2) is 36.4 Å². The molecule has 1 saturated heterocycles. The first-order valence-electron chi connectivity index (χ1n) is 5.59. The molecule has 5 heteroatoms. The molecule has 16 heavy (non-hydrogen) atoms. The molecular weight excluding hydrogens is 224 g/mol. The third kappa shape index (κ3) is 2.36. The number of thiazole rings is 1. The van der Waals surface area contributed by atoms with Crippen molar-refractivity contribution in [2.75, 3.05) is 25.1 Å². The van der Waals surface area contributed by atoms with Crippen LogP contribution >= 0.6 is 11.3 Å². The Bertz CT molecular complexity index is 346. The van der Waals surface area contributed by atoms with Gasteiger partial charge in [-0.1, -0.05) is 11.3 Å². The number of hydrogen-bond acceptors (Lipinski definition) is 5. The van der Waals surface area contributed by atoms with Crippen LogP contribution in [0.25, 0.3) is 0 Å². The maximum atomic E-state index is 9.14. The van der Waals surface area contributed by atoms with E-state index < -0.39 is 0 Å². The average molecular weight is 242 g/mol. The van der Waals surface area contributed by atoms with Crippen molar-refractivity contribution in [2.24, 2.45) is 0 Å². The lowest BCUT2D eigenvalue weighted by Gasteiger charge is -2.30. The molecule has 1 aromatic rings. The van der Waals surface area contributed by atoms with Crippen LogP contribution in [0.2, 0.25) is 0 Å². The Labute approximate surface area is 99.9 Å². The number of ether oxygens (including phenoxy) is 1. The summed E-state index contributed by atoms with van der Waals surface area (Å²) in [5.41, 5.74) is 0.955. The van der Waals surface area contributed by atoms with E-state index >= 15 is 0 Å². The molecule has 4 nitrogen and oxygen atoms in total. The van der Waals surface area contributed by atoms with Gasteiger partial charge in [0.2, 0.25) is 0 Å². The van der Waals surface area contributed by atoms with Crippen molar-refractivity contribution in [1.29, 1.82) is 0 Å². The van der Waals surface area contributed by atoms with Crippen LogP contribution in [0.4, 0.5) is 5.13 Å². The molecule has 1 fully saturated rings. The third-order valence-corrected chi connectivity index (χ3v) is 4.27. The van der Waals surface area contributed by atoms with Crippen molar-refractivity contribution in [2.45, 2.75) is 32.5 Å². The number of aliphatic hydroxyl groups excluding tert-OH is 1.